The Balaban J connectivity index is 1.43. The molecule has 1 heterocycles. The molecule has 1 aliphatic carbocycles. The average Bonchev–Trinajstić information content (AvgIpc) is 3.11. The number of rotatable bonds is 5. The number of amides is 1. The van der Waals surface area contributed by atoms with Crippen molar-refractivity contribution in [1.29, 1.82) is 0 Å². The number of anilines is 1. The third-order valence-corrected chi connectivity index (χ3v) is 6.37. The number of carbonyl (C=O) groups is 2. The van der Waals surface area contributed by atoms with Crippen molar-refractivity contribution in [1.82, 2.24) is 0 Å². The first-order valence-electron chi connectivity index (χ1n) is 8.19. The quantitative estimate of drug-likeness (QED) is 0.812. The van der Waals surface area contributed by atoms with Gasteiger partial charge in [-0.3, -0.25) is 9.59 Å². The molecule has 24 heavy (non-hydrogen) atoms. The number of ether oxygens (including phenoxy) is 1. The lowest BCUT2D eigenvalue weighted by molar-refractivity contribution is -0.148. The maximum atomic E-state index is 11.9. The molecule has 1 amide bonds. The summed E-state index contributed by atoms with van der Waals surface area (Å²) in [5, 5.41) is 2.72. The molecule has 0 saturated carbocycles. The van der Waals surface area contributed by atoms with Crippen molar-refractivity contribution in [3.05, 3.63) is 29.3 Å². The average molecular weight is 351 g/mol. The minimum Gasteiger partial charge on any atom is -0.456 e. The van der Waals surface area contributed by atoms with Gasteiger partial charge < -0.3 is 10.1 Å². The Kier molecular flexibility index (Phi) is 4.89. The molecule has 6 nitrogen and oxygen atoms in total. The van der Waals surface area contributed by atoms with Gasteiger partial charge in [-0.1, -0.05) is 6.07 Å². The molecule has 0 unspecified atom stereocenters. The number of aryl methyl sites for hydroxylation is 2. The van der Waals surface area contributed by atoms with Crippen LogP contribution in [0.3, 0.4) is 0 Å². The van der Waals surface area contributed by atoms with Gasteiger partial charge in [0.05, 0.1) is 11.5 Å². The molecule has 2 aliphatic rings. The van der Waals surface area contributed by atoms with E-state index in [2.05, 4.69) is 5.32 Å². The van der Waals surface area contributed by atoms with Crippen molar-refractivity contribution >= 4 is 27.4 Å². The van der Waals surface area contributed by atoms with Gasteiger partial charge in [-0.15, -0.1) is 0 Å². The Labute approximate surface area is 141 Å². The molecule has 0 bridgehead atoms. The molecule has 1 aromatic rings. The lowest BCUT2D eigenvalue weighted by Crippen LogP contribution is -2.22. The van der Waals surface area contributed by atoms with Crippen molar-refractivity contribution in [2.45, 2.75) is 32.1 Å². The first-order chi connectivity index (χ1) is 11.4. The summed E-state index contributed by atoms with van der Waals surface area (Å²) < 4.78 is 27.7. The van der Waals surface area contributed by atoms with Crippen molar-refractivity contribution in [2.75, 3.05) is 23.4 Å². The van der Waals surface area contributed by atoms with Crippen LogP contribution in [0.2, 0.25) is 0 Å². The maximum absolute atomic E-state index is 11.9. The van der Waals surface area contributed by atoms with Gasteiger partial charge >= 0.3 is 5.97 Å². The fraction of sp³-hybridized carbons (Fsp3) is 0.529. The van der Waals surface area contributed by atoms with Crippen LogP contribution in [0, 0.1) is 5.92 Å². The van der Waals surface area contributed by atoms with Crippen LogP contribution in [-0.2, 0) is 37.0 Å². The molecule has 0 radical (unpaired) electrons. The molecular weight excluding hydrogens is 330 g/mol. The van der Waals surface area contributed by atoms with Crippen LogP contribution in [-0.4, -0.2) is 38.4 Å². The molecule has 130 valence electrons. The molecule has 1 N–H and O–H groups in total. The van der Waals surface area contributed by atoms with E-state index in [4.69, 9.17) is 4.74 Å². The normalized spacial score (nSPS) is 21.2. The van der Waals surface area contributed by atoms with Gasteiger partial charge in [0, 0.05) is 12.1 Å². The van der Waals surface area contributed by atoms with Crippen molar-refractivity contribution < 1.29 is 22.7 Å². The third kappa shape index (κ3) is 4.35. The molecule has 1 saturated heterocycles. The molecule has 3 rings (SSSR count). The van der Waals surface area contributed by atoms with Crippen LogP contribution in [0.5, 0.6) is 0 Å². The molecule has 1 fully saturated rings. The summed E-state index contributed by atoms with van der Waals surface area (Å²) in [6.07, 6.45) is 3.78. The number of benzene rings is 1. The Hall–Kier alpha value is -1.89. The Bertz CT molecular complexity index is 756. The number of esters is 1. The SMILES string of the molecule is O=C(COC(=O)C[C@@H]1CCS(=O)(=O)C1)Nc1ccc2c(c1)CCC2. The molecule has 0 aromatic heterocycles. The maximum Gasteiger partial charge on any atom is 0.306 e. The molecule has 0 spiro atoms. The third-order valence-electron chi connectivity index (χ3n) is 4.53. The van der Waals surface area contributed by atoms with Crippen molar-refractivity contribution in [3.8, 4) is 0 Å². The van der Waals surface area contributed by atoms with Gasteiger partial charge in [0.1, 0.15) is 0 Å². The molecule has 7 heteroatoms. The number of carbonyl (C=O) groups excluding carboxylic acids is 2. The van der Waals surface area contributed by atoms with E-state index in [0.29, 0.717) is 12.1 Å². The topological polar surface area (TPSA) is 89.5 Å². The molecule has 1 aliphatic heterocycles. The van der Waals surface area contributed by atoms with Gasteiger partial charge in [0.2, 0.25) is 0 Å². The van der Waals surface area contributed by atoms with Crippen molar-refractivity contribution in [3.63, 3.8) is 0 Å². The van der Waals surface area contributed by atoms with E-state index >= 15 is 0 Å². The molecule has 1 aromatic carbocycles. The minimum atomic E-state index is -3.01. The van der Waals surface area contributed by atoms with E-state index < -0.39 is 15.8 Å². The minimum absolute atomic E-state index is 0.0312. The fourth-order valence-electron chi connectivity index (χ4n) is 3.32. The Morgan fingerprint density at radius 2 is 2.00 bits per heavy atom. The zero-order valence-corrected chi connectivity index (χ0v) is 14.2. The fourth-order valence-corrected chi connectivity index (χ4v) is 5.18. The summed E-state index contributed by atoms with van der Waals surface area (Å²) in [6, 6.07) is 5.84. The van der Waals surface area contributed by atoms with E-state index in [9.17, 15) is 18.0 Å². The zero-order chi connectivity index (χ0) is 17.2. The van der Waals surface area contributed by atoms with E-state index in [1.807, 2.05) is 18.2 Å². The van der Waals surface area contributed by atoms with Crippen LogP contribution in [0.4, 0.5) is 5.69 Å². The molecule has 1 atom stereocenters. The van der Waals surface area contributed by atoms with Crippen LogP contribution in [0.1, 0.15) is 30.4 Å². The number of hydrogen-bond acceptors (Lipinski definition) is 5. The van der Waals surface area contributed by atoms with E-state index in [1.165, 1.54) is 11.1 Å². The highest BCUT2D eigenvalue weighted by Crippen LogP contribution is 2.25. The monoisotopic (exact) mass is 351 g/mol. The second kappa shape index (κ2) is 6.93. The summed E-state index contributed by atoms with van der Waals surface area (Å²) >= 11 is 0. The predicted molar refractivity (Wildman–Crippen MR) is 89.4 cm³/mol. The number of sulfone groups is 1. The lowest BCUT2D eigenvalue weighted by atomic mass is 10.1. The number of nitrogens with one attached hydrogen (secondary N) is 1. The smallest absolute Gasteiger partial charge is 0.306 e. The second-order valence-electron chi connectivity index (χ2n) is 6.52. The summed E-state index contributed by atoms with van der Waals surface area (Å²) in [6.45, 7) is -0.352. The van der Waals surface area contributed by atoms with Crippen molar-refractivity contribution in [2.24, 2.45) is 5.92 Å². The first kappa shape index (κ1) is 17.0. The Morgan fingerprint density at radius 1 is 1.21 bits per heavy atom. The summed E-state index contributed by atoms with van der Waals surface area (Å²) in [4.78, 5) is 23.6. The zero-order valence-electron chi connectivity index (χ0n) is 13.4. The highest BCUT2D eigenvalue weighted by Gasteiger charge is 2.30. The van der Waals surface area contributed by atoms with E-state index in [1.54, 1.807) is 0 Å². The second-order valence-corrected chi connectivity index (χ2v) is 8.75. The largest absolute Gasteiger partial charge is 0.456 e. The Morgan fingerprint density at radius 3 is 2.75 bits per heavy atom. The van der Waals surface area contributed by atoms with E-state index in [-0.39, 0.29) is 36.4 Å². The standard InChI is InChI=1S/C17H21NO5S/c19-16(18-15-5-4-13-2-1-3-14(13)9-15)10-23-17(20)8-12-6-7-24(21,22)11-12/h4-5,9,12H,1-3,6-8,10-11H2,(H,18,19)/t12-/m0/s1. The highest BCUT2D eigenvalue weighted by atomic mass is 32.2. The molecular formula is C17H21NO5S. The van der Waals surface area contributed by atoms with Gasteiger partial charge in [-0.25, -0.2) is 8.42 Å². The van der Waals surface area contributed by atoms with E-state index in [0.717, 1.165) is 19.3 Å². The van der Waals surface area contributed by atoms with Crippen LogP contribution in [0.15, 0.2) is 18.2 Å². The summed E-state index contributed by atoms with van der Waals surface area (Å²) in [5.41, 5.74) is 3.29. The van der Waals surface area contributed by atoms with Gasteiger partial charge in [-0.05, 0) is 54.9 Å². The van der Waals surface area contributed by atoms with Crippen LogP contribution < -0.4 is 5.32 Å². The summed E-state index contributed by atoms with van der Waals surface area (Å²) in [5.74, 6) is -0.948. The predicted octanol–water partition coefficient (Wildman–Crippen LogP) is 1.48. The van der Waals surface area contributed by atoms with Crippen LogP contribution >= 0.6 is 0 Å². The van der Waals surface area contributed by atoms with Crippen LogP contribution in [0.25, 0.3) is 0 Å². The summed E-state index contributed by atoms with van der Waals surface area (Å²) in [7, 11) is -3.01. The first-order valence-corrected chi connectivity index (χ1v) is 10.0. The highest BCUT2D eigenvalue weighted by molar-refractivity contribution is 7.91. The van der Waals surface area contributed by atoms with Gasteiger partial charge in [-0.2, -0.15) is 0 Å². The van der Waals surface area contributed by atoms with Gasteiger partial charge in [0.15, 0.2) is 16.4 Å². The number of fused-ring (bicyclic) bond motifs is 1. The number of hydrogen-bond donors (Lipinski definition) is 1. The van der Waals surface area contributed by atoms with Gasteiger partial charge in [0.25, 0.3) is 5.91 Å². The lowest BCUT2D eigenvalue weighted by Gasteiger charge is -2.10.